The quantitative estimate of drug-likeness (QED) is 0.424. The summed E-state index contributed by atoms with van der Waals surface area (Å²) in [6.07, 6.45) is -3.28. The molecule has 0 amide bonds. The van der Waals surface area contributed by atoms with Gasteiger partial charge in [0.2, 0.25) is 0 Å². The van der Waals surface area contributed by atoms with Crippen molar-refractivity contribution in [2.75, 3.05) is 0 Å². The van der Waals surface area contributed by atoms with Crippen LogP contribution in [0.3, 0.4) is 0 Å². The minimum atomic E-state index is -4.59. The Labute approximate surface area is 136 Å². The van der Waals surface area contributed by atoms with E-state index in [0.717, 1.165) is 6.07 Å². The Hall–Kier alpha value is -3.37. The molecule has 0 aliphatic heterocycles. The Morgan fingerprint density at radius 2 is 2.08 bits per heavy atom. The predicted octanol–water partition coefficient (Wildman–Crippen LogP) is 3.18. The number of hydrogen-bond donors (Lipinski definition) is 2. The van der Waals surface area contributed by atoms with Crippen molar-refractivity contribution in [1.82, 2.24) is 15.2 Å². The zero-order valence-electron chi connectivity index (χ0n) is 12.3. The Balaban J connectivity index is 1.74. The van der Waals surface area contributed by atoms with E-state index in [4.69, 9.17) is 4.74 Å². The number of ether oxygens (including phenoxy) is 1. The van der Waals surface area contributed by atoms with Gasteiger partial charge in [0.1, 0.15) is 6.61 Å². The van der Waals surface area contributed by atoms with Crippen LogP contribution in [-0.4, -0.2) is 26.1 Å². The summed E-state index contributed by atoms with van der Waals surface area (Å²) in [5.41, 5.74) is -0.803. The van der Waals surface area contributed by atoms with Crippen molar-refractivity contribution in [3.63, 3.8) is 0 Å². The number of halogens is 3. The van der Waals surface area contributed by atoms with Crippen LogP contribution in [0.15, 0.2) is 30.5 Å². The van der Waals surface area contributed by atoms with Crippen molar-refractivity contribution >= 4 is 22.6 Å². The summed E-state index contributed by atoms with van der Waals surface area (Å²) in [5, 5.41) is 16.4. The molecule has 0 atom stereocenters. The van der Waals surface area contributed by atoms with E-state index in [9.17, 15) is 28.1 Å². The van der Waals surface area contributed by atoms with Crippen LogP contribution in [0.1, 0.15) is 21.7 Å². The van der Waals surface area contributed by atoms with Crippen LogP contribution in [-0.2, 0) is 17.5 Å². The van der Waals surface area contributed by atoms with Gasteiger partial charge in [0.05, 0.1) is 21.7 Å². The molecule has 2 heterocycles. The molecule has 0 aliphatic rings. The minimum Gasteiger partial charge on any atom is -0.456 e. The number of aromatic amines is 2. The van der Waals surface area contributed by atoms with E-state index in [1.165, 1.54) is 24.4 Å². The molecule has 0 bridgehead atoms. The smallest absolute Gasteiger partial charge is 0.435 e. The number of hydrogen-bond acceptors (Lipinski definition) is 5. The van der Waals surface area contributed by atoms with Crippen LogP contribution in [0.25, 0.3) is 10.9 Å². The number of esters is 1. The molecule has 130 valence electrons. The highest BCUT2D eigenvalue weighted by atomic mass is 19.4. The molecule has 0 aliphatic carbocycles. The predicted molar refractivity (Wildman–Crippen MR) is 77.7 cm³/mol. The number of H-pyrrole nitrogens is 2. The molecule has 3 rings (SSSR count). The highest BCUT2D eigenvalue weighted by Gasteiger charge is 2.33. The summed E-state index contributed by atoms with van der Waals surface area (Å²) in [6, 6.07) is 4.62. The lowest BCUT2D eigenvalue weighted by Gasteiger charge is -2.02. The summed E-state index contributed by atoms with van der Waals surface area (Å²) in [6.45, 7) is -0.429. The van der Waals surface area contributed by atoms with Crippen molar-refractivity contribution in [3.05, 3.63) is 57.5 Å². The second kappa shape index (κ2) is 5.92. The van der Waals surface area contributed by atoms with Gasteiger partial charge >= 0.3 is 12.1 Å². The molecule has 0 spiro atoms. The third-order valence-electron chi connectivity index (χ3n) is 3.38. The number of nitro benzene ring substituents is 1. The molecule has 25 heavy (non-hydrogen) atoms. The van der Waals surface area contributed by atoms with Crippen LogP contribution < -0.4 is 0 Å². The number of non-ortho nitro benzene ring substituents is 1. The molecular weight excluding hydrogens is 345 g/mol. The first kappa shape index (κ1) is 16.5. The van der Waals surface area contributed by atoms with Gasteiger partial charge in [-0.1, -0.05) is 0 Å². The lowest BCUT2D eigenvalue weighted by atomic mass is 10.1. The van der Waals surface area contributed by atoms with Gasteiger partial charge < -0.3 is 9.72 Å². The van der Waals surface area contributed by atoms with E-state index in [-0.39, 0.29) is 16.9 Å². The summed E-state index contributed by atoms with van der Waals surface area (Å²) >= 11 is 0. The Kier molecular flexibility index (Phi) is 3.91. The third kappa shape index (κ3) is 3.29. The molecule has 0 fully saturated rings. The maximum atomic E-state index is 12.4. The van der Waals surface area contributed by atoms with E-state index in [1.807, 2.05) is 0 Å². The number of carbonyl (C=O) groups excluding carboxylic acids is 1. The van der Waals surface area contributed by atoms with E-state index in [1.54, 1.807) is 0 Å². The summed E-state index contributed by atoms with van der Waals surface area (Å²) in [7, 11) is 0. The average molecular weight is 354 g/mol. The van der Waals surface area contributed by atoms with Crippen LogP contribution in [0, 0.1) is 10.1 Å². The minimum absolute atomic E-state index is 0.0174. The molecule has 0 unspecified atom stereocenters. The van der Waals surface area contributed by atoms with Gasteiger partial charge in [0.25, 0.3) is 5.69 Å². The van der Waals surface area contributed by atoms with Crippen molar-refractivity contribution < 1.29 is 27.6 Å². The highest BCUT2D eigenvalue weighted by molar-refractivity contribution is 6.04. The fourth-order valence-electron chi connectivity index (χ4n) is 2.20. The number of nitro groups is 1. The Morgan fingerprint density at radius 1 is 1.32 bits per heavy atom. The van der Waals surface area contributed by atoms with Gasteiger partial charge in [-0.3, -0.25) is 15.2 Å². The third-order valence-corrected chi connectivity index (χ3v) is 3.38. The van der Waals surface area contributed by atoms with Crippen LogP contribution >= 0.6 is 0 Å². The number of nitrogens with one attached hydrogen (secondary N) is 2. The molecule has 0 saturated heterocycles. The number of aromatic nitrogens is 3. The van der Waals surface area contributed by atoms with Gasteiger partial charge in [-0.15, -0.1) is 0 Å². The highest BCUT2D eigenvalue weighted by Crippen LogP contribution is 2.28. The Morgan fingerprint density at radius 3 is 2.72 bits per heavy atom. The molecule has 8 nitrogen and oxygen atoms in total. The van der Waals surface area contributed by atoms with E-state index in [2.05, 4.69) is 15.2 Å². The molecule has 11 heteroatoms. The fourth-order valence-corrected chi connectivity index (χ4v) is 2.20. The molecule has 2 aromatic heterocycles. The van der Waals surface area contributed by atoms with E-state index < -0.39 is 29.4 Å². The standard InChI is InChI=1S/C14H9F3N4O4/c15-14(16,17)12-3-7(19-20-12)6-25-13(22)10-5-18-11-4-8(21(23)24)1-2-9(10)11/h1-5,18H,6H2,(H,19,20). The molecule has 2 N–H and O–H groups in total. The SMILES string of the molecule is O=C(OCc1cc(C(F)(F)F)n[nH]1)c1c[nH]c2cc([N+](=O)[O-])ccc12. The number of carbonyl (C=O) groups is 1. The van der Waals surface area contributed by atoms with Crippen LogP contribution in [0.5, 0.6) is 0 Å². The molecular formula is C14H9F3N4O4. The fraction of sp³-hybridized carbons (Fsp3) is 0.143. The molecule has 0 saturated carbocycles. The number of alkyl halides is 3. The first-order valence-electron chi connectivity index (χ1n) is 6.80. The van der Waals surface area contributed by atoms with Crippen molar-refractivity contribution in [3.8, 4) is 0 Å². The summed E-state index contributed by atoms with van der Waals surface area (Å²) in [4.78, 5) is 24.9. The maximum absolute atomic E-state index is 12.4. The zero-order valence-corrected chi connectivity index (χ0v) is 12.3. The van der Waals surface area contributed by atoms with Gasteiger partial charge in [0, 0.05) is 23.7 Å². The van der Waals surface area contributed by atoms with Crippen molar-refractivity contribution in [1.29, 1.82) is 0 Å². The second-order valence-electron chi connectivity index (χ2n) is 5.04. The monoisotopic (exact) mass is 354 g/mol. The summed E-state index contributed by atoms with van der Waals surface area (Å²) in [5.74, 6) is -0.789. The maximum Gasteiger partial charge on any atom is 0.435 e. The van der Waals surface area contributed by atoms with Gasteiger partial charge in [-0.25, -0.2) is 4.79 Å². The number of benzene rings is 1. The van der Waals surface area contributed by atoms with Crippen LogP contribution in [0.4, 0.5) is 18.9 Å². The first-order chi connectivity index (χ1) is 11.8. The Bertz CT molecular complexity index is 961. The van der Waals surface area contributed by atoms with Gasteiger partial charge in [-0.05, 0) is 12.1 Å². The second-order valence-corrected chi connectivity index (χ2v) is 5.04. The largest absolute Gasteiger partial charge is 0.456 e. The molecule has 1 aromatic carbocycles. The van der Waals surface area contributed by atoms with Crippen LogP contribution in [0.2, 0.25) is 0 Å². The van der Waals surface area contributed by atoms with Gasteiger partial charge in [0.15, 0.2) is 5.69 Å². The lowest BCUT2D eigenvalue weighted by Crippen LogP contribution is -2.05. The van der Waals surface area contributed by atoms with E-state index in [0.29, 0.717) is 10.9 Å². The van der Waals surface area contributed by atoms with Crippen molar-refractivity contribution in [2.24, 2.45) is 0 Å². The lowest BCUT2D eigenvalue weighted by molar-refractivity contribution is -0.384. The zero-order chi connectivity index (χ0) is 18.2. The van der Waals surface area contributed by atoms with Gasteiger partial charge in [-0.2, -0.15) is 18.3 Å². The number of rotatable bonds is 4. The normalized spacial score (nSPS) is 11.6. The first-order valence-corrected chi connectivity index (χ1v) is 6.80. The number of nitrogens with zero attached hydrogens (tertiary/aromatic N) is 2. The van der Waals surface area contributed by atoms with E-state index >= 15 is 0 Å². The summed E-state index contributed by atoms with van der Waals surface area (Å²) < 4.78 is 42.3. The molecule has 0 radical (unpaired) electrons. The number of fused-ring (bicyclic) bond motifs is 1. The molecule has 3 aromatic rings. The average Bonchev–Trinajstić information content (AvgIpc) is 3.18. The topological polar surface area (TPSA) is 114 Å². The van der Waals surface area contributed by atoms with Crippen molar-refractivity contribution in [2.45, 2.75) is 12.8 Å².